The molecule has 0 unspecified atom stereocenters. The normalized spacial score (nSPS) is 9.54. The molecule has 0 saturated heterocycles. The van der Waals surface area contributed by atoms with E-state index in [0.29, 0.717) is 0 Å². The van der Waals surface area contributed by atoms with Crippen LogP contribution in [0.2, 0.25) is 0 Å². The Balaban J connectivity index is 0.000000251. The molecular weight excluding hydrogens is 171 g/mol. The van der Waals surface area contributed by atoms with Gasteiger partial charge in [0, 0.05) is 5.56 Å². The number of rotatable bonds is 2. The van der Waals surface area contributed by atoms with Crippen LogP contribution in [0.1, 0.15) is 0 Å². The molecular formula is C8H11BO4. The van der Waals surface area contributed by atoms with E-state index in [-0.39, 0.29) is 0 Å². The lowest BCUT2D eigenvalue weighted by atomic mass is 10.5. The molecule has 0 bridgehead atoms. The zero-order chi connectivity index (χ0) is 9.84. The van der Waals surface area contributed by atoms with Crippen molar-refractivity contribution >= 4 is 7.69 Å². The van der Waals surface area contributed by atoms with Gasteiger partial charge in [-0.2, -0.15) is 0 Å². The lowest BCUT2D eigenvalue weighted by Gasteiger charge is -2.00. The summed E-state index contributed by atoms with van der Waals surface area (Å²) >= 11 is 0. The molecule has 0 aromatic rings. The van der Waals surface area contributed by atoms with Crippen LogP contribution in [0.4, 0.5) is 0 Å². The molecule has 13 heavy (non-hydrogen) atoms. The van der Waals surface area contributed by atoms with E-state index in [4.69, 9.17) is 19.5 Å². The molecule has 0 amide bonds. The minimum Gasteiger partial charge on any atom is -0.493 e. The summed E-state index contributed by atoms with van der Waals surface area (Å²) in [6.07, 6.45) is 0. The quantitative estimate of drug-likeness (QED) is 0.637. The van der Waals surface area contributed by atoms with Crippen molar-refractivity contribution < 1.29 is 19.5 Å². The maximum Gasteiger partial charge on any atom is 0.432 e. The first-order chi connectivity index (χ1) is 6.28. The molecule has 2 N–H and O–H groups in total. The van der Waals surface area contributed by atoms with Gasteiger partial charge in [-0.3, -0.25) is 0 Å². The van der Waals surface area contributed by atoms with Gasteiger partial charge in [0.25, 0.3) is 0 Å². The highest BCUT2D eigenvalue weighted by Crippen LogP contribution is 2.50. The topological polar surface area (TPSA) is 58.9 Å². The molecule has 2 aliphatic carbocycles. The van der Waals surface area contributed by atoms with Gasteiger partial charge >= 0.3 is 7.69 Å². The van der Waals surface area contributed by atoms with Gasteiger partial charge in [0.15, 0.2) is 11.5 Å². The molecule has 70 valence electrons. The van der Waals surface area contributed by atoms with Crippen molar-refractivity contribution in [3.8, 4) is 22.6 Å². The monoisotopic (exact) mass is 182 g/mol. The molecule has 2 rings (SSSR count). The maximum atomic E-state index is 7.12. The summed E-state index contributed by atoms with van der Waals surface area (Å²) in [6.45, 7) is 0. The summed E-state index contributed by atoms with van der Waals surface area (Å²) < 4.78 is 10.2. The average molecular weight is 182 g/mol. The SMILES string of the molecule is COc1cc2cc-2c1OC.OBO. The van der Waals surface area contributed by atoms with Crippen molar-refractivity contribution in [2.75, 3.05) is 14.2 Å². The number of benzene rings is 1. The lowest BCUT2D eigenvalue weighted by Crippen LogP contribution is -1.85. The molecule has 5 heteroatoms. The lowest BCUT2D eigenvalue weighted by molar-refractivity contribution is 0.359. The van der Waals surface area contributed by atoms with Gasteiger partial charge in [-0.25, -0.2) is 0 Å². The summed E-state index contributed by atoms with van der Waals surface area (Å²) in [7, 11) is 2.56. The molecule has 0 fully saturated rings. The van der Waals surface area contributed by atoms with Crippen LogP contribution in [-0.4, -0.2) is 32.0 Å². The van der Waals surface area contributed by atoms with Crippen LogP contribution < -0.4 is 9.47 Å². The highest BCUT2D eigenvalue weighted by Gasteiger charge is 2.23. The second-order valence-corrected chi connectivity index (χ2v) is 2.40. The Hall–Kier alpha value is -1.20. The van der Waals surface area contributed by atoms with Crippen molar-refractivity contribution in [2.24, 2.45) is 0 Å². The molecule has 0 spiro atoms. The predicted molar refractivity (Wildman–Crippen MR) is 50.1 cm³/mol. The summed E-state index contributed by atoms with van der Waals surface area (Å²) in [5.74, 6) is 1.72. The third-order valence-electron chi connectivity index (χ3n) is 1.71. The fraction of sp³-hybridized carbons (Fsp3) is 0.250. The molecule has 4 nitrogen and oxygen atoms in total. The second-order valence-electron chi connectivity index (χ2n) is 2.40. The Morgan fingerprint density at radius 1 is 1.15 bits per heavy atom. The van der Waals surface area contributed by atoms with Gasteiger partial charge in [-0.05, 0) is 17.7 Å². The highest BCUT2D eigenvalue weighted by atomic mass is 16.5. The van der Waals surface area contributed by atoms with Crippen molar-refractivity contribution in [3.63, 3.8) is 0 Å². The average Bonchev–Trinajstić information content (AvgIpc) is 2.79. The molecule has 0 aromatic carbocycles. The molecule has 2 aliphatic rings. The first-order valence-corrected chi connectivity index (χ1v) is 3.76. The maximum absolute atomic E-state index is 7.12. The molecule has 0 atom stereocenters. The summed E-state index contributed by atoms with van der Waals surface area (Å²) in [4.78, 5) is 0. The zero-order valence-corrected chi connectivity index (χ0v) is 7.57. The fourth-order valence-corrected chi connectivity index (χ4v) is 1.14. The largest absolute Gasteiger partial charge is 0.493 e. The van der Waals surface area contributed by atoms with E-state index in [0.717, 1.165) is 11.5 Å². The summed E-state index contributed by atoms with van der Waals surface area (Å²) in [6, 6.07) is 4.05. The third-order valence-corrected chi connectivity index (χ3v) is 1.71. The van der Waals surface area contributed by atoms with Crippen LogP contribution in [0, 0.1) is 0 Å². The van der Waals surface area contributed by atoms with Gasteiger partial charge in [0.2, 0.25) is 0 Å². The molecule has 0 aromatic heterocycles. The molecule has 0 radical (unpaired) electrons. The van der Waals surface area contributed by atoms with Gasteiger partial charge < -0.3 is 19.5 Å². The predicted octanol–water partition coefficient (Wildman–Crippen LogP) is -0.0783. The van der Waals surface area contributed by atoms with E-state index >= 15 is 0 Å². The van der Waals surface area contributed by atoms with E-state index in [1.807, 2.05) is 6.07 Å². The molecule has 0 saturated carbocycles. The number of fused-ring (bicyclic) bond motifs is 1. The van der Waals surface area contributed by atoms with E-state index in [2.05, 4.69) is 6.07 Å². The second kappa shape index (κ2) is 4.16. The Morgan fingerprint density at radius 2 is 1.77 bits per heavy atom. The summed E-state index contributed by atoms with van der Waals surface area (Å²) in [5.41, 5.74) is 2.44. The van der Waals surface area contributed by atoms with Crippen LogP contribution in [0.25, 0.3) is 11.1 Å². The third kappa shape index (κ3) is 1.94. The van der Waals surface area contributed by atoms with Crippen molar-refractivity contribution in [1.29, 1.82) is 0 Å². The minimum atomic E-state index is -0.750. The molecule has 0 aliphatic heterocycles. The number of hydrogen-bond donors (Lipinski definition) is 2. The van der Waals surface area contributed by atoms with E-state index < -0.39 is 7.69 Å². The van der Waals surface area contributed by atoms with Gasteiger partial charge in [-0.1, -0.05) is 0 Å². The number of methoxy groups -OCH3 is 2. The Kier molecular flexibility index (Phi) is 3.16. The Labute approximate surface area is 77.0 Å². The highest BCUT2D eigenvalue weighted by molar-refractivity contribution is 6.13. The Bertz CT molecular complexity index is 300. The van der Waals surface area contributed by atoms with Crippen LogP contribution in [0.3, 0.4) is 0 Å². The smallest absolute Gasteiger partial charge is 0.432 e. The fourth-order valence-electron chi connectivity index (χ4n) is 1.14. The van der Waals surface area contributed by atoms with Crippen LogP contribution >= 0.6 is 0 Å². The number of hydrogen-bond acceptors (Lipinski definition) is 4. The van der Waals surface area contributed by atoms with Crippen LogP contribution in [0.5, 0.6) is 11.5 Å². The van der Waals surface area contributed by atoms with Crippen molar-refractivity contribution in [2.45, 2.75) is 0 Å². The van der Waals surface area contributed by atoms with Gasteiger partial charge in [0.05, 0.1) is 14.2 Å². The van der Waals surface area contributed by atoms with Crippen molar-refractivity contribution in [3.05, 3.63) is 12.1 Å². The van der Waals surface area contributed by atoms with Crippen molar-refractivity contribution in [1.82, 2.24) is 0 Å². The first kappa shape index (κ1) is 9.89. The van der Waals surface area contributed by atoms with E-state index in [9.17, 15) is 0 Å². The number of ether oxygens (including phenoxy) is 2. The first-order valence-electron chi connectivity index (χ1n) is 3.76. The Morgan fingerprint density at radius 3 is 2.15 bits per heavy atom. The van der Waals surface area contributed by atoms with E-state index in [1.165, 1.54) is 11.1 Å². The summed E-state index contributed by atoms with van der Waals surface area (Å²) in [5, 5.41) is 14.2. The van der Waals surface area contributed by atoms with E-state index in [1.54, 1.807) is 14.2 Å². The van der Waals surface area contributed by atoms with Crippen LogP contribution in [-0.2, 0) is 0 Å². The minimum absolute atomic E-state index is 0.750. The van der Waals surface area contributed by atoms with Gasteiger partial charge in [0.1, 0.15) is 0 Å². The van der Waals surface area contributed by atoms with Crippen LogP contribution in [0.15, 0.2) is 12.1 Å². The van der Waals surface area contributed by atoms with Gasteiger partial charge in [-0.15, -0.1) is 0 Å². The standard InChI is InChI=1S/C8H8O2.BH3O2/c1-9-7-4-5-3-6(5)8(7)10-2;2-1-3/h3-4H,1-2H3;1-3H. The zero-order valence-electron chi connectivity index (χ0n) is 7.57. The molecule has 0 heterocycles.